The van der Waals surface area contributed by atoms with Gasteiger partial charge in [-0.2, -0.15) is 0 Å². The number of hydrogen-bond donors (Lipinski definition) is 0. The monoisotopic (exact) mass is 280 g/mol. The average molecular weight is 281 g/mol. The van der Waals surface area contributed by atoms with Crippen LogP contribution in [0.5, 0.6) is 0 Å². The summed E-state index contributed by atoms with van der Waals surface area (Å²) in [4.78, 5) is 0. The first-order valence-electron chi connectivity index (χ1n) is 7.73. The molecule has 0 bridgehead atoms. The molecule has 0 aromatic heterocycles. The SMILES string of the molecule is C[C@H](C/C=C/[C@@H]1C=CCCC1)O[Si](C)(C)C(C)(C)C. The van der Waals surface area contributed by atoms with Crippen LogP contribution in [-0.4, -0.2) is 14.4 Å². The highest BCUT2D eigenvalue weighted by Gasteiger charge is 2.38. The van der Waals surface area contributed by atoms with Gasteiger partial charge in [0.2, 0.25) is 0 Å². The minimum Gasteiger partial charge on any atom is -0.414 e. The zero-order chi connectivity index (χ0) is 14.5. The van der Waals surface area contributed by atoms with Crippen LogP contribution in [0.2, 0.25) is 18.1 Å². The van der Waals surface area contributed by atoms with Gasteiger partial charge in [0.15, 0.2) is 8.32 Å². The second kappa shape index (κ2) is 6.89. The molecule has 2 atom stereocenters. The van der Waals surface area contributed by atoms with Gasteiger partial charge in [0.1, 0.15) is 0 Å². The summed E-state index contributed by atoms with van der Waals surface area (Å²) >= 11 is 0. The molecule has 1 aliphatic carbocycles. The molecule has 0 aromatic rings. The molecule has 0 aliphatic heterocycles. The Morgan fingerprint density at radius 3 is 2.58 bits per heavy atom. The quantitative estimate of drug-likeness (QED) is 0.463. The molecule has 2 heteroatoms. The van der Waals surface area contributed by atoms with Gasteiger partial charge in [-0.15, -0.1) is 0 Å². The fraction of sp³-hybridized carbons (Fsp3) is 0.765. The Balaban J connectivity index is 2.39. The van der Waals surface area contributed by atoms with E-state index in [-0.39, 0.29) is 0 Å². The van der Waals surface area contributed by atoms with Crippen LogP contribution in [0, 0.1) is 5.92 Å². The maximum atomic E-state index is 6.36. The standard InChI is InChI=1S/C17H32OSi/c1-15(18-19(5,6)17(2,3)4)11-10-14-16-12-8-7-9-13-16/h8,10,12,14-16H,7,9,11,13H2,1-6H3/b14-10+/t15-,16-/m1/s1. The van der Waals surface area contributed by atoms with E-state index < -0.39 is 8.32 Å². The Hall–Kier alpha value is -0.343. The Labute approximate surface area is 121 Å². The van der Waals surface area contributed by atoms with Crippen molar-refractivity contribution in [1.29, 1.82) is 0 Å². The molecule has 0 saturated heterocycles. The van der Waals surface area contributed by atoms with E-state index in [1.807, 2.05) is 0 Å². The third-order valence-corrected chi connectivity index (χ3v) is 9.05. The summed E-state index contributed by atoms with van der Waals surface area (Å²) in [6.07, 6.45) is 14.6. The van der Waals surface area contributed by atoms with Crippen LogP contribution in [0.25, 0.3) is 0 Å². The highest BCUT2D eigenvalue weighted by Crippen LogP contribution is 2.37. The van der Waals surface area contributed by atoms with Crippen molar-refractivity contribution in [2.75, 3.05) is 0 Å². The maximum Gasteiger partial charge on any atom is 0.192 e. The Bertz CT molecular complexity index is 323. The minimum absolute atomic E-state index is 0.303. The van der Waals surface area contributed by atoms with E-state index in [2.05, 4.69) is 65.1 Å². The van der Waals surface area contributed by atoms with Crippen LogP contribution in [0.15, 0.2) is 24.3 Å². The lowest BCUT2D eigenvalue weighted by molar-refractivity contribution is 0.202. The molecule has 0 radical (unpaired) electrons. The predicted octanol–water partition coefficient (Wildman–Crippen LogP) is 5.70. The van der Waals surface area contributed by atoms with Crippen LogP contribution in [-0.2, 0) is 4.43 Å². The molecule has 0 saturated carbocycles. The second-order valence-corrected chi connectivity index (χ2v) is 12.1. The first-order chi connectivity index (χ1) is 8.72. The average Bonchev–Trinajstić information content (AvgIpc) is 2.28. The molecule has 0 spiro atoms. The summed E-state index contributed by atoms with van der Waals surface area (Å²) in [5.41, 5.74) is 0. The second-order valence-electron chi connectivity index (χ2n) is 7.38. The molecule has 1 nitrogen and oxygen atoms in total. The Morgan fingerprint density at radius 1 is 1.37 bits per heavy atom. The van der Waals surface area contributed by atoms with Gasteiger partial charge in [-0.3, -0.25) is 0 Å². The molecule has 0 aromatic carbocycles. The molecule has 1 aliphatic rings. The number of rotatable bonds is 5. The third kappa shape index (κ3) is 5.66. The van der Waals surface area contributed by atoms with Crippen molar-refractivity contribution in [3.63, 3.8) is 0 Å². The van der Waals surface area contributed by atoms with Gasteiger partial charge in [0, 0.05) is 6.10 Å². The predicted molar refractivity (Wildman–Crippen MR) is 88.0 cm³/mol. The first-order valence-corrected chi connectivity index (χ1v) is 10.6. The molecule has 1 rings (SSSR count). The van der Waals surface area contributed by atoms with Gasteiger partial charge in [-0.05, 0) is 56.7 Å². The lowest BCUT2D eigenvalue weighted by Crippen LogP contribution is -2.43. The van der Waals surface area contributed by atoms with Crippen LogP contribution < -0.4 is 0 Å². The van der Waals surface area contributed by atoms with E-state index in [4.69, 9.17) is 4.43 Å². The summed E-state index contributed by atoms with van der Waals surface area (Å²) in [7, 11) is -1.61. The largest absolute Gasteiger partial charge is 0.414 e. The van der Waals surface area contributed by atoms with Gasteiger partial charge in [-0.25, -0.2) is 0 Å². The normalized spacial score (nSPS) is 22.9. The molecule has 110 valence electrons. The summed E-state index contributed by atoms with van der Waals surface area (Å²) in [5, 5.41) is 0.303. The molecule has 0 N–H and O–H groups in total. The fourth-order valence-electron chi connectivity index (χ4n) is 2.17. The molecule has 19 heavy (non-hydrogen) atoms. The topological polar surface area (TPSA) is 9.23 Å². The lowest BCUT2D eigenvalue weighted by atomic mass is 9.95. The van der Waals surface area contributed by atoms with Gasteiger partial charge in [0.05, 0.1) is 0 Å². The number of hydrogen-bond acceptors (Lipinski definition) is 1. The zero-order valence-corrected chi connectivity index (χ0v) is 14.7. The summed E-state index contributed by atoms with van der Waals surface area (Å²) < 4.78 is 6.36. The fourth-order valence-corrected chi connectivity index (χ4v) is 3.63. The Morgan fingerprint density at radius 2 is 2.05 bits per heavy atom. The summed E-state index contributed by atoms with van der Waals surface area (Å²) in [5.74, 6) is 0.661. The van der Waals surface area contributed by atoms with Gasteiger partial charge in [0.25, 0.3) is 0 Å². The summed E-state index contributed by atoms with van der Waals surface area (Å²) in [6.45, 7) is 13.8. The van der Waals surface area contributed by atoms with Crippen molar-refractivity contribution in [1.82, 2.24) is 0 Å². The van der Waals surface area contributed by atoms with E-state index in [0.717, 1.165) is 6.42 Å². The van der Waals surface area contributed by atoms with Crippen LogP contribution in [0.4, 0.5) is 0 Å². The third-order valence-electron chi connectivity index (χ3n) is 4.44. The smallest absolute Gasteiger partial charge is 0.192 e. The van der Waals surface area contributed by atoms with Crippen molar-refractivity contribution in [3.8, 4) is 0 Å². The van der Waals surface area contributed by atoms with Crippen molar-refractivity contribution < 1.29 is 4.43 Å². The first kappa shape index (κ1) is 16.7. The minimum atomic E-state index is -1.61. The highest BCUT2D eigenvalue weighted by atomic mass is 28.4. The van der Waals surface area contributed by atoms with Gasteiger partial charge >= 0.3 is 0 Å². The molecule has 0 fully saturated rings. The lowest BCUT2D eigenvalue weighted by Gasteiger charge is -2.38. The molecular weight excluding hydrogens is 248 g/mol. The highest BCUT2D eigenvalue weighted by molar-refractivity contribution is 6.74. The van der Waals surface area contributed by atoms with E-state index in [1.165, 1.54) is 19.3 Å². The van der Waals surface area contributed by atoms with E-state index >= 15 is 0 Å². The van der Waals surface area contributed by atoms with Crippen LogP contribution in [0.1, 0.15) is 53.4 Å². The van der Waals surface area contributed by atoms with Crippen LogP contribution >= 0.6 is 0 Å². The summed E-state index contributed by atoms with van der Waals surface area (Å²) in [6, 6.07) is 0. The van der Waals surface area contributed by atoms with E-state index in [9.17, 15) is 0 Å². The van der Waals surface area contributed by atoms with E-state index in [0.29, 0.717) is 17.1 Å². The van der Waals surface area contributed by atoms with Gasteiger partial charge < -0.3 is 4.43 Å². The van der Waals surface area contributed by atoms with Crippen molar-refractivity contribution in [2.24, 2.45) is 5.92 Å². The molecule has 0 unspecified atom stereocenters. The van der Waals surface area contributed by atoms with Crippen molar-refractivity contribution in [2.45, 2.75) is 77.6 Å². The maximum absolute atomic E-state index is 6.36. The molecule has 0 amide bonds. The zero-order valence-electron chi connectivity index (χ0n) is 13.7. The number of allylic oxidation sites excluding steroid dienone is 3. The van der Waals surface area contributed by atoms with E-state index in [1.54, 1.807) is 0 Å². The Kier molecular flexibility index (Phi) is 6.06. The van der Waals surface area contributed by atoms with Crippen LogP contribution in [0.3, 0.4) is 0 Å². The van der Waals surface area contributed by atoms with Crippen molar-refractivity contribution >= 4 is 8.32 Å². The molecule has 0 heterocycles. The van der Waals surface area contributed by atoms with Crippen molar-refractivity contribution in [3.05, 3.63) is 24.3 Å². The van der Waals surface area contributed by atoms with Gasteiger partial charge in [-0.1, -0.05) is 45.1 Å². The molecular formula is C17H32OSi.